The summed E-state index contributed by atoms with van der Waals surface area (Å²) in [5, 5.41) is 2.80. The second kappa shape index (κ2) is 5.03. The maximum atomic E-state index is 13.8. The fourth-order valence-electron chi connectivity index (χ4n) is 1.26. The molecule has 0 aliphatic carbocycles. The highest BCUT2D eigenvalue weighted by atomic mass is 19.2. The minimum atomic E-state index is -1.03. The first kappa shape index (κ1) is 13.3. The highest BCUT2D eigenvalue weighted by Crippen LogP contribution is 2.26. The second-order valence-corrected chi connectivity index (χ2v) is 4.53. The van der Waals surface area contributed by atoms with Crippen LogP contribution in [0.4, 0.5) is 20.7 Å². The van der Waals surface area contributed by atoms with Crippen molar-refractivity contribution in [3.63, 3.8) is 0 Å². The molecule has 1 aromatic carbocycles. The monoisotopic (exact) mass is 240 g/mol. The number of hydrogen-bond acceptors (Lipinski definition) is 3. The Kier molecular flexibility index (Phi) is 3.93. The Hall–Kier alpha value is -1.78. The molecule has 1 aromatic rings. The molecule has 0 aromatic heterocycles. The highest BCUT2D eigenvalue weighted by Gasteiger charge is 2.24. The van der Waals surface area contributed by atoms with Gasteiger partial charge in [-0.1, -0.05) is 16.6 Å². The van der Waals surface area contributed by atoms with Crippen LogP contribution in [0.1, 0.15) is 20.8 Å². The van der Waals surface area contributed by atoms with Gasteiger partial charge in [0.05, 0.1) is 5.69 Å². The quantitative estimate of drug-likeness (QED) is 0.806. The molecule has 0 heterocycles. The lowest BCUT2D eigenvalue weighted by Gasteiger charge is -2.22. The standard InChI is InChI=1S/C12H17FN2O2/c1-12(2,3)17-11(16)15(13)10-8-6-5-7-9(10)14-4/h5-8,14H,1-4H3. The van der Waals surface area contributed by atoms with E-state index in [9.17, 15) is 9.28 Å². The van der Waals surface area contributed by atoms with Gasteiger partial charge in [-0.25, -0.2) is 4.79 Å². The second-order valence-electron chi connectivity index (χ2n) is 4.53. The van der Waals surface area contributed by atoms with E-state index in [1.165, 1.54) is 6.07 Å². The summed E-state index contributed by atoms with van der Waals surface area (Å²) < 4.78 is 18.8. The number of halogens is 1. The van der Waals surface area contributed by atoms with Crippen LogP contribution in [0.5, 0.6) is 0 Å². The Morgan fingerprint density at radius 1 is 1.35 bits per heavy atom. The number of rotatable bonds is 2. The largest absolute Gasteiger partial charge is 0.443 e. The summed E-state index contributed by atoms with van der Waals surface area (Å²) in [7, 11) is 1.65. The minimum absolute atomic E-state index is 0.00289. The Labute approximate surface area is 100 Å². The fraction of sp³-hybridized carbons (Fsp3) is 0.417. The summed E-state index contributed by atoms with van der Waals surface area (Å²) in [6.07, 6.45) is -1.03. The normalized spacial score (nSPS) is 10.9. The average Bonchev–Trinajstić information content (AvgIpc) is 2.25. The summed E-state index contributed by atoms with van der Waals surface area (Å²) in [5.41, 5.74) is -0.0826. The van der Waals surface area contributed by atoms with E-state index >= 15 is 0 Å². The molecule has 94 valence electrons. The van der Waals surface area contributed by atoms with Crippen LogP contribution in [0.2, 0.25) is 0 Å². The number of para-hydroxylation sites is 2. The topological polar surface area (TPSA) is 41.6 Å². The number of nitrogens with zero attached hydrogens (tertiary/aromatic N) is 1. The number of carbonyl (C=O) groups excluding carboxylic acids is 1. The predicted octanol–water partition coefficient (Wildman–Crippen LogP) is 3.35. The van der Waals surface area contributed by atoms with E-state index in [1.807, 2.05) is 0 Å². The van der Waals surface area contributed by atoms with E-state index in [-0.39, 0.29) is 10.8 Å². The van der Waals surface area contributed by atoms with E-state index in [0.717, 1.165) is 0 Å². The van der Waals surface area contributed by atoms with Gasteiger partial charge in [0.25, 0.3) is 0 Å². The van der Waals surface area contributed by atoms with Crippen LogP contribution in [0.3, 0.4) is 0 Å². The van der Waals surface area contributed by atoms with Gasteiger partial charge in [0.1, 0.15) is 11.3 Å². The lowest BCUT2D eigenvalue weighted by atomic mass is 10.2. The van der Waals surface area contributed by atoms with Crippen LogP contribution in [0.25, 0.3) is 0 Å². The van der Waals surface area contributed by atoms with Gasteiger partial charge in [-0.2, -0.15) is 0 Å². The van der Waals surface area contributed by atoms with E-state index in [1.54, 1.807) is 46.0 Å². The predicted molar refractivity (Wildman–Crippen MR) is 65.8 cm³/mol. The average molecular weight is 240 g/mol. The third-order valence-electron chi connectivity index (χ3n) is 1.94. The first-order valence-corrected chi connectivity index (χ1v) is 5.31. The third-order valence-corrected chi connectivity index (χ3v) is 1.94. The molecule has 0 aliphatic rings. The molecule has 0 unspecified atom stereocenters. The summed E-state index contributed by atoms with van der Waals surface area (Å²) in [6, 6.07) is 6.56. The molecule has 0 spiro atoms. The Bertz CT molecular complexity index is 402. The molecule has 0 bridgehead atoms. The first-order chi connectivity index (χ1) is 7.85. The summed E-state index contributed by atoms with van der Waals surface area (Å²) in [6.45, 7) is 5.05. The zero-order valence-electron chi connectivity index (χ0n) is 10.5. The molecular weight excluding hydrogens is 223 g/mol. The van der Waals surface area contributed by atoms with Gasteiger partial charge in [0, 0.05) is 7.05 Å². The smallest absolute Gasteiger partial charge is 0.442 e. The zero-order chi connectivity index (χ0) is 13.1. The Morgan fingerprint density at radius 3 is 2.47 bits per heavy atom. The van der Waals surface area contributed by atoms with Gasteiger partial charge in [-0.3, -0.25) is 0 Å². The van der Waals surface area contributed by atoms with Crippen molar-refractivity contribution in [2.24, 2.45) is 0 Å². The molecule has 0 saturated carbocycles. The number of amides is 1. The fourth-order valence-corrected chi connectivity index (χ4v) is 1.26. The molecule has 1 rings (SSSR count). The Balaban J connectivity index is 2.89. The van der Waals surface area contributed by atoms with Crippen molar-refractivity contribution in [1.82, 2.24) is 0 Å². The molecule has 17 heavy (non-hydrogen) atoms. The molecule has 0 radical (unpaired) electrons. The molecule has 1 N–H and O–H groups in total. The van der Waals surface area contributed by atoms with E-state index < -0.39 is 11.7 Å². The zero-order valence-corrected chi connectivity index (χ0v) is 10.5. The lowest BCUT2D eigenvalue weighted by Crippen LogP contribution is -2.32. The molecule has 1 amide bonds. The van der Waals surface area contributed by atoms with Gasteiger partial charge < -0.3 is 10.1 Å². The van der Waals surface area contributed by atoms with Gasteiger partial charge in [-0.15, -0.1) is 5.12 Å². The molecule has 0 aliphatic heterocycles. The maximum Gasteiger partial charge on any atom is 0.443 e. The molecule has 4 nitrogen and oxygen atoms in total. The molecule has 5 heteroatoms. The SMILES string of the molecule is CNc1ccccc1N(F)C(=O)OC(C)(C)C. The molecular formula is C12H17FN2O2. The number of benzene rings is 1. The minimum Gasteiger partial charge on any atom is -0.442 e. The van der Waals surface area contributed by atoms with Crippen molar-refractivity contribution >= 4 is 17.5 Å². The summed E-state index contributed by atoms with van der Waals surface area (Å²) in [4.78, 5) is 11.5. The number of ether oxygens (including phenoxy) is 1. The van der Waals surface area contributed by atoms with Crippen LogP contribution < -0.4 is 10.4 Å². The van der Waals surface area contributed by atoms with Crippen molar-refractivity contribution in [2.45, 2.75) is 26.4 Å². The van der Waals surface area contributed by atoms with Crippen LogP contribution in [0.15, 0.2) is 24.3 Å². The maximum absolute atomic E-state index is 13.8. The van der Waals surface area contributed by atoms with Gasteiger partial charge >= 0.3 is 6.09 Å². The van der Waals surface area contributed by atoms with Crippen LogP contribution in [-0.2, 0) is 4.74 Å². The van der Waals surface area contributed by atoms with E-state index in [0.29, 0.717) is 5.69 Å². The first-order valence-electron chi connectivity index (χ1n) is 5.31. The van der Waals surface area contributed by atoms with Gasteiger partial charge in [0.2, 0.25) is 0 Å². The van der Waals surface area contributed by atoms with Gasteiger partial charge in [0.15, 0.2) is 0 Å². The number of anilines is 2. The van der Waals surface area contributed by atoms with Crippen molar-refractivity contribution in [3.8, 4) is 0 Å². The van der Waals surface area contributed by atoms with Crippen molar-refractivity contribution in [1.29, 1.82) is 0 Å². The summed E-state index contributed by atoms with van der Waals surface area (Å²) in [5.74, 6) is 0. The van der Waals surface area contributed by atoms with Gasteiger partial charge in [-0.05, 0) is 32.9 Å². The molecule has 0 saturated heterocycles. The van der Waals surface area contributed by atoms with Crippen LogP contribution in [-0.4, -0.2) is 18.7 Å². The molecule has 0 fully saturated rings. The summed E-state index contributed by atoms with van der Waals surface area (Å²) >= 11 is 0. The van der Waals surface area contributed by atoms with Crippen molar-refractivity contribution < 1.29 is 14.0 Å². The Morgan fingerprint density at radius 2 is 1.94 bits per heavy atom. The van der Waals surface area contributed by atoms with E-state index in [4.69, 9.17) is 4.74 Å². The van der Waals surface area contributed by atoms with E-state index in [2.05, 4.69) is 5.32 Å². The molecule has 0 atom stereocenters. The van der Waals surface area contributed by atoms with Crippen molar-refractivity contribution in [3.05, 3.63) is 24.3 Å². The van der Waals surface area contributed by atoms with Crippen LogP contribution >= 0.6 is 0 Å². The lowest BCUT2D eigenvalue weighted by molar-refractivity contribution is 0.0501. The third kappa shape index (κ3) is 3.62. The number of carbonyl (C=O) groups is 1. The number of nitrogens with one attached hydrogen (secondary N) is 1. The van der Waals surface area contributed by atoms with Crippen LogP contribution in [0, 0.1) is 0 Å². The number of hydrogen-bond donors (Lipinski definition) is 1. The van der Waals surface area contributed by atoms with Crippen molar-refractivity contribution in [2.75, 3.05) is 17.5 Å². The highest BCUT2D eigenvalue weighted by molar-refractivity contribution is 5.90.